The first-order valence-electron chi connectivity index (χ1n) is 4.57. The highest BCUT2D eigenvalue weighted by atomic mass is 16.3. The lowest BCUT2D eigenvalue weighted by Crippen LogP contribution is -2.30. The van der Waals surface area contributed by atoms with Crippen molar-refractivity contribution in [2.45, 2.75) is 39.7 Å². The normalized spacial score (nSPS) is 12.7. The van der Waals surface area contributed by atoms with Gasteiger partial charge in [0.25, 0.3) is 0 Å². The van der Waals surface area contributed by atoms with Gasteiger partial charge in [-0.15, -0.1) is 0 Å². The lowest BCUT2D eigenvalue weighted by molar-refractivity contribution is -0.131. The molecule has 0 heterocycles. The molecule has 0 aromatic rings. The van der Waals surface area contributed by atoms with Gasteiger partial charge >= 0.3 is 0 Å². The van der Waals surface area contributed by atoms with Crippen LogP contribution in [-0.2, 0) is 4.79 Å². The molecular weight excluding hydrogens is 154 g/mol. The molecule has 0 aliphatic heterocycles. The maximum Gasteiger partial charge on any atom is 0.222 e. The number of aliphatic hydroxyl groups excluding tert-OH is 1. The van der Waals surface area contributed by atoms with E-state index in [-0.39, 0.29) is 12.0 Å². The Morgan fingerprint density at radius 1 is 1.42 bits per heavy atom. The van der Waals surface area contributed by atoms with Crippen LogP contribution in [0.25, 0.3) is 0 Å². The van der Waals surface area contributed by atoms with Gasteiger partial charge in [0.2, 0.25) is 5.91 Å². The molecule has 1 N–H and O–H groups in total. The number of hydrogen-bond acceptors (Lipinski definition) is 2. The molecule has 0 fully saturated rings. The van der Waals surface area contributed by atoms with Crippen molar-refractivity contribution in [3.05, 3.63) is 0 Å². The molecule has 12 heavy (non-hydrogen) atoms. The van der Waals surface area contributed by atoms with E-state index in [9.17, 15) is 4.79 Å². The van der Waals surface area contributed by atoms with Gasteiger partial charge in [0.15, 0.2) is 0 Å². The first kappa shape index (κ1) is 11.4. The van der Waals surface area contributed by atoms with E-state index in [2.05, 4.69) is 0 Å². The first-order valence-corrected chi connectivity index (χ1v) is 4.57. The van der Waals surface area contributed by atoms with Gasteiger partial charge in [0.05, 0.1) is 6.10 Å². The molecule has 0 saturated heterocycles. The standard InChI is InChI=1S/C9H19NO2/c1-4-10(5-2)9(12)7-6-8(3)11/h8,11H,4-7H2,1-3H3/t8-/m1/s1. The monoisotopic (exact) mass is 173 g/mol. The Balaban J connectivity index is 3.69. The van der Waals surface area contributed by atoms with Crippen LogP contribution in [0.4, 0.5) is 0 Å². The Hall–Kier alpha value is -0.570. The van der Waals surface area contributed by atoms with Crippen LogP contribution in [0, 0.1) is 0 Å². The summed E-state index contributed by atoms with van der Waals surface area (Å²) in [5.41, 5.74) is 0. The molecule has 0 bridgehead atoms. The second-order valence-corrected chi connectivity index (χ2v) is 2.95. The third-order valence-electron chi connectivity index (χ3n) is 1.89. The number of carbonyl (C=O) groups is 1. The van der Waals surface area contributed by atoms with Crippen molar-refractivity contribution in [2.75, 3.05) is 13.1 Å². The molecule has 1 amide bonds. The van der Waals surface area contributed by atoms with Crippen molar-refractivity contribution in [3.63, 3.8) is 0 Å². The van der Waals surface area contributed by atoms with Crippen LogP contribution >= 0.6 is 0 Å². The smallest absolute Gasteiger partial charge is 0.222 e. The predicted octanol–water partition coefficient (Wildman–Crippen LogP) is 1.02. The molecule has 3 nitrogen and oxygen atoms in total. The molecular formula is C9H19NO2. The molecule has 0 aromatic heterocycles. The highest BCUT2D eigenvalue weighted by Gasteiger charge is 2.09. The molecule has 0 spiro atoms. The van der Waals surface area contributed by atoms with E-state index in [1.54, 1.807) is 11.8 Å². The van der Waals surface area contributed by atoms with Crippen molar-refractivity contribution < 1.29 is 9.90 Å². The number of nitrogens with zero attached hydrogens (tertiary/aromatic N) is 1. The summed E-state index contributed by atoms with van der Waals surface area (Å²) < 4.78 is 0. The summed E-state index contributed by atoms with van der Waals surface area (Å²) in [6, 6.07) is 0. The minimum Gasteiger partial charge on any atom is -0.393 e. The minimum absolute atomic E-state index is 0.140. The average Bonchev–Trinajstić information content (AvgIpc) is 2.03. The van der Waals surface area contributed by atoms with Gasteiger partial charge in [-0.05, 0) is 27.2 Å². The van der Waals surface area contributed by atoms with E-state index >= 15 is 0 Å². The van der Waals surface area contributed by atoms with Gasteiger partial charge in [0.1, 0.15) is 0 Å². The minimum atomic E-state index is -0.371. The molecule has 0 radical (unpaired) electrons. The molecule has 0 saturated carbocycles. The molecule has 0 aromatic carbocycles. The van der Waals surface area contributed by atoms with Crippen LogP contribution in [0.3, 0.4) is 0 Å². The van der Waals surface area contributed by atoms with Crippen LogP contribution in [0.15, 0.2) is 0 Å². The van der Waals surface area contributed by atoms with Gasteiger partial charge in [-0.2, -0.15) is 0 Å². The number of carbonyl (C=O) groups excluding carboxylic acids is 1. The van der Waals surface area contributed by atoms with E-state index in [1.165, 1.54) is 0 Å². The van der Waals surface area contributed by atoms with Crippen LogP contribution < -0.4 is 0 Å². The molecule has 1 atom stereocenters. The largest absolute Gasteiger partial charge is 0.393 e. The molecule has 0 aliphatic carbocycles. The van der Waals surface area contributed by atoms with Crippen molar-refractivity contribution in [1.29, 1.82) is 0 Å². The van der Waals surface area contributed by atoms with Crippen molar-refractivity contribution in [3.8, 4) is 0 Å². The Morgan fingerprint density at radius 3 is 2.25 bits per heavy atom. The summed E-state index contributed by atoms with van der Waals surface area (Å²) in [6.07, 6.45) is 0.652. The quantitative estimate of drug-likeness (QED) is 0.674. The van der Waals surface area contributed by atoms with Gasteiger partial charge in [-0.25, -0.2) is 0 Å². The maximum absolute atomic E-state index is 11.3. The molecule has 72 valence electrons. The fraction of sp³-hybridized carbons (Fsp3) is 0.889. The Morgan fingerprint density at radius 2 is 1.92 bits per heavy atom. The van der Waals surface area contributed by atoms with Crippen molar-refractivity contribution in [1.82, 2.24) is 4.90 Å². The lowest BCUT2D eigenvalue weighted by atomic mass is 10.2. The zero-order valence-electron chi connectivity index (χ0n) is 8.21. The Kier molecular flexibility index (Phi) is 5.72. The summed E-state index contributed by atoms with van der Waals surface area (Å²) in [4.78, 5) is 13.1. The Labute approximate surface area is 74.4 Å². The maximum atomic E-state index is 11.3. The SMILES string of the molecule is CCN(CC)C(=O)CC[C@@H](C)O. The van der Waals surface area contributed by atoms with E-state index in [1.807, 2.05) is 13.8 Å². The molecule has 0 aliphatic rings. The summed E-state index contributed by atoms with van der Waals surface area (Å²) in [7, 11) is 0. The van der Waals surface area contributed by atoms with E-state index in [0.717, 1.165) is 13.1 Å². The van der Waals surface area contributed by atoms with E-state index in [4.69, 9.17) is 5.11 Å². The summed E-state index contributed by atoms with van der Waals surface area (Å²) in [5, 5.41) is 8.96. The van der Waals surface area contributed by atoms with Crippen LogP contribution in [0.2, 0.25) is 0 Å². The summed E-state index contributed by atoms with van der Waals surface area (Å²) in [6.45, 7) is 7.15. The fourth-order valence-electron chi connectivity index (χ4n) is 1.07. The number of hydrogen-bond donors (Lipinski definition) is 1. The highest BCUT2D eigenvalue weighted by Crippen LogP contribution is 2.00. The first-order chi connectivity index (χ1) is 5.61. The second-order valence-electron chi connectivity index (χ2n) is 2.95. The third kappa shape index (κ3) is 4.34. The molecule has 0 unspecified atom stereocenters. The lowest BCUT2D eigenvalue weighted by Gasteiger charge is -2.18. The average molecular weight is 173 g/mol. The number of rotatable bonds is 5. The van der Waals surface area contributed by atoms with Gasteiger partial charge in [-0.1, -0.05) is 0 Å². The zero-order chi connectivity index (χ0) is 9.56. The van der Waals surface area contributed by atoms with Crippen LogP contribution in [0.5, 0.6) is 0 Å². The number of amides is 1. The summed E-state index contributed by atoms with van der Waals surface area (Å²) >= 11 is 0. The predicted molar refractivity (Wildman–Crippen MR) is 48.8 cm³/mol. The van der Waals surface area contributed by atoms with Gasteiger partial charge < -0.3 is 10.0 Å². The van der Waals surface area contributed by atoms with Gasteiger partial charge in [-0.3, -0.25) is 4.79 Å². The highest BCUT2D eigenvalue weighted by molar-refractivity contribution is 5.76. The third-order valence-corrected chi connectivity index (χ3v) is 1.89. The topological polar surface area (TPSA) is 40.5 Å². The second kappa shape index (κ2) is 6.00. The van der Waals surface area contributed by atoms with Crippen molar-refractivity contribution >= 4 is 5.91 Å². The van der Waals surface area contributed by atoms with E-state index < -0.39 is 0 Å². The van der Waals surface area contributed by atoms with Crippen LogP contribution in [-0.4, -0.2) is 35.1 Å². The summed E-state index contributed by atoms with van der Waals surface area (Å²) in [5.74, 6) is 0.140. The molecule has 3 heteroatoms. The number of aliphatic hydroxyl groups is 1. The molecule has 0 rings (SSSR count). The van der Waals surface area contributed by atoms with Crippen LogP contribution in [0.1, 0.15) is 33.6 Å². The zero-order valence-corrected chi connectivity index (χ0v) is 8.21. The fourth-order valence-corrected chi connectivity index (χ4v) is 1.07. The Bertz CT molecular complexity index is 130. The van der Waals surface area contributed by atoms with Crippen molar-refractivity contribution in [2.24, 2.45) is 0 Å². The van der Waals surface area contributed by atoms with Gasteiger partial charge in [0, 0.05) is 19.5 Å². The van der Waals surface area contributed by atoms with E-state index in [0.29, 0.717) is 12.8 Å².